The molecular formula is C20H31N5O3S. The largest absolute Gasteiger partial charge is 0.494 e. The lowest BCUT2D eigenvalue weighted by Crippen LogP contribution is -2.29. The number of aromatic nitrogens is 3. The van der Waals surface area contributed by atoms with E-state index in [4.69, 9.17) is 4.74 Å². The summed E-state index contributed by atoms with van der Waals surface area (Å²) >= 11 is 0. The lowest BCUT2D eigenvalue weighted by molar-refractivity contribution is 0.220. The molecule has 0 saturated carbocycles. The van der Waals surface area contributed by atoms with E-state index in [-0.39, 0.29) is 5.75 Å². The summed E-state index contributed by atoms with van der Waals surface area (Å²) in [6.07, 6.45) is 5.92. The fraction of sp³-hybridized carbons (Fsp3) is 0.600. The quantitative estimate of drug-likeness (QED) is 0.588. The third-order valence-corrected chi connectivity index (χ3v) is 5.77. The highest BCUT2D eigenvalue weighted by Crippen LogP contribution is 2.18. The Hall–Kier alpha value is -2.13. The van der Waals surface area contributed by atoms with Gasteiger partial charge in [-0.05, 0) is 50.0 Å². The van der Waals surface area contributed by atoms with Crippen molar-refractivity contribution in [1.29, 1.82) is 0 Å². The van der Waals surface area contributed by atoms with E-state index in [1.165, 1.54) is 44.2 Å². The average Bonchev–Trinajstić information content (AvgIpc) is 3.01. The van der Waals surface area contributed by atoms with Crippen LogP contribution in [0.3, 0.4) is 0 Å². The van der Waals surface area contributed by atoms with Crippen LogP contribution in [-0.2, 0) is 29.2 Å². The van der Waals surface area contributed by atoms with Gasteiger partial charge in [-0.2, -0.15) is 0 Å². The second-order valence-corrected chi connectivity index (χ2v) is 9.82. The minimum Gasteiger partial charge on any atom is -0.494 e. The molecule has 2 heterocycles. The van der Waals surface area contributed by atoms with Gasteiger partial charge in [-0.1, -0.05) is 18.6 Å². The Morgan fingerprint density at radius 3 is 2.72 bits per heavy atom. The number of nitrogens with one attached hydrogen (secondary N) is 1. The summed E-state index contributed by atoms with van der Waals surface area (Å²) in [6.45, 7) is 4.61. The highest BCUT2D eigenvalue weighted by atomic mass is 32.2. The maximum absolute atomic E-state index is 11.4. The second kappa shape index (κ2) is 10.1. The fourth-order valence-corrected chi connectivity index (χ4v) is 4.17. The Morgan fingerprint density at radius 1 is 1.17 bits per heavy atom. The molecule has 0 bridgehead atoms. The SMILES string of the molecule is Cn1c(CS(C)(=O)=O)nnc1NCCCOc1cccc(CN2CCCCC2)c1. The number of sulfone groups is 1. The van der Waals surface area contributed by atoms with E-state index >= 15 is 0 Å². The molecule has 1 fully saturated rings. The number of hydrogen-bond acceptors (Lipinski definition) is 7. The van der Waals surface area contributed by atoms with E-state index in [1.807, 2.05) is 6.07 Å². The van der Waals surface area contributed by atoms with Crippen LogP contribution in [0.5, 0.6) is 5.75 Å². The summed E-state index contributed by atoms with van der Waals surface area (Å²) in [7, 11) is -1.38. The van der Waals surface area contributed by atoms with Crippen LogP contribution in [0.25, 0.3) is 0 Å². The Bertz CT molecular complexity index is 891. The Labute approximate surface area is 173 Å². The summed E-state index contributed by atoms with van der Waals surface area (Å²) in [5.41, 5.74) is 1.29. The van der Waals surface area contributed by atoms with Crippen LogP contribution in [0.1, 0.15) is 37.1 Å². The minimum atomic E-state index is -3.13. The van der Waals surface area contributed by atoms with Gasteiger partial charge in [0.15, 0.2) is 9.84 Å². The van der Waals surface area contributed by atoms with Crippen molar-refractivity contribution in [1.82, 2.24) is 19.7 Å². The van der Waals surface area contributed by atoms with Crippen LogP contribution < -0.4 is 10.1 Å². The molecule has 2 aromatic rings. The summed E-state index contributed by atoms with van der Waals surface area (Å²) < 4.78 is 30.4. The highest BCUT2D eigenvalue weighted by molar-refractivity contribution is 7.89. The fourth-order valence-electron chi connectivity index (χ4n) is 3.45. The van der Waals surface area contributed by atoms with Gasteiger partial charge in [0.2, 0.25) is 5.95 Å². The predicted molar refractivity (Wildman–Crippen MR) is 114 cm³/mol. The van der Waals surface area contributed by atoms with E-state index in [0.717, 1.165) is 18.7 Å². The number of anilines is 1. The first-order valence-corrected chi connectivity index (χ1v) is 12.2. The molecule has 0 radical (unpaired) electrons. The molecule has 9 heteroatoms. The first kappa shape index (κ1) is 21.6. The van der Waals surface area contributed by atoms with Gasteiger partial charge < -0.3 is 10.1 Å². The first-order valence-electron chi connectivity index (χ1n) is 10.1. The van der Waals surface area contributed by atoms with E-state index in [2.05, 4.69) is 38.6 Å². The molecule has 1 aromatic carbocycles. The van der Waals surface area contributed by atoms with Crippen molar-refractivity contribution < 1.29 is 13.2 Å². The smallest absolute Gasteiger partial charge is 0.224 e. The molecule has 1 aromatic heterocycles. The lowest BCUT2D eigenvalue weighted by Gasteiger charge is -2.26. The summed E-state index contributed by atoms with van der Waals surface area (Å²) in [5.74, 6) is 1.77. The Balaban J connectivity index is 1.40. The van der Waals surface area contributed by atoms with Crippen LogP contribution in [-0.4, -0.2) is 60.6 Å². The molecule has 0 unspecified atom stereocenters. The highest BCUT2D eigenvalue weighted by Gasteiger charge is 2.13. The van der Waals surface area contributed by atoms with Crippen LogP contribution in [0.4, 0.5) is 5.95 Å². The van der Waals surface area contributed by atoms with Crippen molar-refractivity contribution in [3.63, 3.8) is 0 Å². The minimum absolute atomic E-state index is 0.116. The molecule has 1 aliphatic rings. The molecule has 0 atom stereocenters. The number of rotatable bonds is 10. The maximum Gasteiger partial charge on any atom is 0.224 e. The summed E-state index contributed by atoms with van der Waals surface area (Å²) in [4.78, 5) is 2.51. The van der Waals surface area contributed by atoms with E-state index in [0.29, 0.717) is 24.9 Å². The molecule has 29 heavy (non-hydrogen) atoms. The molecule has 160 valence electrons. The van der Waals surface area contributed by atoms with Gasteiger partial charge in [0, 0.05) is 26.4 Å². The topological polar surface area (TPSA) is 89.3 Å². The molecule has 0 amide bonds. The van der Waals surface area contributed by atoms with Gasteiger partial charge in [-0.15, -0.1) is 10.2 Å². The van der Waals surface area contributed by atoms with Crippen molar-refractivity contribution >= 4 is 15.8 Å². The molecule has 0 aliphatic carbocycles. The maximum atomic E-state index is 11.4. The van der Waals surface area contributed by atoms with Crippen molar-refractivity contribution in [3.05, 3.63) is 35.7 Å². The van der Waals surface area contributed by atoms with E-state index in [1.54, 1.807) is 11.6 Å². The standard InChI is InChI=1S/C20H31N5O3S/c1-24-19(16-29(2,26)27)22-23-20(24)21-10-7-13-28-18-9-6-8-17(14-18)15-25-11-4-3-5-12-25/h6,8-9,14H,3-5,7,10-13,15-16H2,1-2H3,(H,21,23). The van der Waals surface area contributed by atoms with Gasteiger partial charge in [0.25, 0.3) is 0 Å². The van der Waals surface area contributed by atoms with Gasteiger partial charge in [0.05, 0.1) is 6.61 Å². The average molecular weight is 422 g/mol. The number of likely N-dealkylation sites (tertiary alicyclic amines) is 1. The predicted octanol–water partition coefficient (Wildman–Crippen LogP) is 2.23. The van der Waals surface area contributed by atoms with Crippen LogP contribution in [0.2, 0.25) is 0 Å². The van der Waals surface area contributed by atoms with E-state index < -0.39 is 9.84 Å². The van der Waals surface area contributed by atoms with Gasteiger partial charge in [-0.25, -0.2) is 8.42 Å². The molecule has 3 rings (SSSR count). The Kier molecular flexibility index (Phi) is 7.49. The van der Waals surface area contributed by atoms with Crippen molar-refractivity contribution in [3.8, 4) is 5.75 Å². The van der Waals surface area contributed by atoms with E-state index in [9.17, 15) is 8.42 Å². The zero-order valence-corrected chi connectivity index (χ0v) is 18.1. The van der Waals surface area contributed by atoms with Crippen LogP contribution >= 0.6 is 0 Å². The van der Waals surface area contributed by atoms with Gasteiger partial charge in [0.1, 0.15) is 17.3 Å². The van der Waals surface area contributed by atoms with Crippen molar-refractivity contribution in [2.45, 2.75) is 38.0 Å². The number of ether oxygens (including phenoxy) is 1. The normalized spacial score (nSPS) is 15.4. The van der Waals surface area contributed by atoms with Crippen molar-refractivity contribution in [2.75, 3.05) is 37.8 Å². The third kappa shape index (κ3) is 7.01. The first-order chi connectivity index (χ1) is 13.9. The molecule has 0 spiro atoms. The second-order valence-electron chi connectivity index (χ2n) is 7.68. The number of nitrogens with zero attached hydrogens (tertiary/aromatic N) is 4. The number of benzene rings is 1. The van der Waals surface area contributed by atoms with Gasteiger partial charge >= 0.3 is 0 Å². The molecule has 1 aliphatic heterocycles. The number of hydrogen-bond donors (Lipinski definition) is 1. The zero-order chi connectivity index (χ0) is 20.7. The zero-order valence-electron chi connectivity index (χ0n) is 17.3. The van der Waals surface area contributed by atoms with Gasteiger partial charge in [-0.3, -0.25) is 9.47 Å². The number of piperidine rings is 1. The molecular weight excluding hydrogens is 390 g/mol. The summed E-state index contributed by atoms with van der Waals surface area (Å²) in [6, 6.07) is 8.33. The monoisotopic (exact) mass is 421 g/mol. The lowest BCUT2D eigenvalue weighted by atomic mass is 10.1. The van der Waals surface area contributed by atoms with Crippen molar-refractivity contribution in [2.24, 2.45) is 7.05 Å². The van der Waals surface area contributed by atoms with Crippen LogP contribution in [0.15, 0.2) is 24.3 Å². The third-order valence-electron chi connectivity index (χ3n) is 4.98. The molecule has 8 nitrogen and oxygen atoms in total. The van der Waals surface area contributed by atoms with Crippen LogP contribution in [0, 0.1) is 0 Å². The molecule has 1 saturated heterocycles. The summed E-state index contributed by atoms with van der Waals surface area (Å²) in [5, 5.41) is 11.1. The molecule has 1 N–H and O–H groups in total. The Morgan fingerprint density at radius 2 is 1.97 bits per heavy atom.